The van der Waals surface area contributed by atoms with Crippen LogP contribution in [0.3, 0.4) is 0 Å². The van der Waals surface area contributed by atoms with E-state index >= 15 is 0 Å². The Hall–Kier alpha value is -2.31. The van der Waals surface area contributed by atoms with E-state index in [9.17, 15) is 13.6 Å². The summed E-state index contributed by atoms with van der Waals surface area (Å²) in [6, 6.07) is 8.27. The largest absolute Gasteiger partial charge is 0.392 e. The summed E-state index contributed by atoms with van der Waals surface area (Å²) in [5.41, 5.74) is 1.43. The third kappa shape index (κ3) is 4.34. The van der Waals surface area contributed by atoms with Gasteiger partial charge in [-0.2, -0.15) is 0 Å². The van der Waals surface area contributed by atoms with Gasteiger partial charge in [0.05, 0.1) is 13.2 Å². The number of benzene rings is 2. The van der Waals surface area contributed by atoms with Crippen LogP contribution in [0.5, 0.6) is 0 Å². The highest BCUT2D eigenvalue weighted by molar-refractivity contribution is 5.94. The third-order valence-corrected chi connectivity index (χ3v) is 3.34. The highest BCUT2D eigenvalue weighted by atomic mass is 19.1. The molecule has 2 aromatic carbocycles. The predicted molar refractivity (Wildman–Crippen MR) is 80.6 cm³/mol. The van der Waals surface area contributed by atoms with Crippen molar-refractivity contribution in [2.45, 2.75) is 19.8 Å². The Morgan fingerprint density at radius 2 is 1.83 bits per heavy atom. The maximum absolute atomic E-state index is 13.5. The summed E-state index contributed by atoms with van der Waals surface area (Å²) in [5, 5.41) is 11.7. The average Bonchev–Trinajstić information content (AvgIpc) is 2.56. The van der Waals surface area contributed by atoms with Gasteiger partial charge in [-0.05, 0) is 35.9 Å². The minimum Gasteiger partial charge on any atom is -0.392 e. The van der Waals surface area contributed by atoms with Gasteiger partial charge >= 0.3 is 0 Å². The van der Waals surface area contributed by atoms with Gasteiger partial charge < -0.3 is 15.2 Å². The molecule has 0 radical (unpaired) electrons. The number of ether oxygens (including phenoxy) is 1. The third-order valence-electron chi connectivity index (χ3n) is 3.34. The molecule has 2 aromatic rings. The van der Waals surface area contributed by atoms with Gasteiger partial charge in [-0.15, -0.1) is 0 Å². The van der Waals surface area contributed by atoms with Crippen LogP contribution in [0.25, 0.3) is 0 Å². The summed E-state index contributed by atoms with van der Waals surface area (Å²) in [6.07, 6.45) is 0. The molecule has 1 amide bonds. The van der Waals surface area contributed by atoms with Crippen LogP contribution < -0.4 is 5.32 Å². The second-order valence-electron chi connectivity index (χ2n) is 5.01. The summed E-state index contributed by atoms with van der Waals surface area (Å²) in [5.74, 6) is -1.31. The normalized spacial score (nSPS) is 10.6. The minimum atomic E-state index is -0.495. The monoisotopic (exact) mass is 321 g/mol. The number of aliphatic hydroxyl groups excluding tert-OH is 1. The zero-order valence-electron chi connectivity index (χ0n) is 12.6. The first kappa shape index (κ1) is 17.1. The van der Waals surface area contributed by atoms with E-state index in [0.717, 1.165) is 0 Å². The van der Waals surface area contributed by atoms with Crippen LogP contribution in [0.2, 0.25) is 0 Å². The van der Waals surface area contributed by atoms with Crippen LogP contribution in [-0.4, -0.2) is 18.1 Å². The first-order valence-corrected chi connectivity index (χ1v) is 6.99. The number of amides is 1. The Balaban J connectivity index is 2.06. The molecule has 2 rings (SSSR count). The number of nitrogens with one attached hydrogen (secondary N) is 1. The van der Waals surface area contributed by atoms with E-state index in [4.69, 9.17) is 9.84 Å². The molecule has 0 heterocycles. The summed E-state index contributed by atoms with van der Waals surface area (Å²) >= 11 is 0. The Morgan fingerprint density at radius 3 is 2.52 bits per heavy atom. The number of aliphatic hydroxyl groups is 1. The van der Waals surface area contributed by atoms with E-state index in [2.05, 4.69) is 5.32 Å². The second-order valence-corrected chi connectivity index (χ2v) is 5.01. The van der Waals surface area contributed by atoms with Gasteiger partial charge in [0.2, 0.25) is 0 Å². The Labute approximate surface area is 132 Å². The van der Waals surface area contributed by atoms with Crippen molar-refractivity contribution in [3.8, 4) is 0 Å². The highest BCUT2D eigenvalue weighted by Gasteiger charge is 2.10. The number of hydrogen-bond acceptors (Lipinski definition) is 3. The fourth-order valence-electron chi connectivity index (χ4n) is 2.13. The van der Waals surface area contributed by atoms with Crippen molar-refractivity contribution in [3.63, 3.8) is 0 Å². The predicted octanol–water partition coefficient (Wildman–Crippen LogP) is 2.53. The molecule has 0 aliphatic rings. The standard InChI is InChI=1S/C17H17F2NO3/c1-23-10-14-7-12(3-5-16(14)19)17(22)20-8-11-2-4-15(18)13(6-11)9-21/h2-7,21H,8-10H2,1H3,(H,20,22). The Bertz CT molecular complexity index is 704. The molecule has 0 saturated carbocycles. The lowest BCUT2D eigenvalue weighted by Gasteiger charge is -2.09. The van der Waals surface area contributed by atoms with Crippen LogP contribution in [0.4, 0.5) is 8.78 Å². The number of hydrogen-bond donors (Lipinski definition) is 2. The van der Waals surface area contributed by atoms with Crippen molar-refractivity contribution in [1.82, 2.24) is 5.32 Å². The second kappa shape index (κ2) is 7.80. The molecule has 23 heavy (non-hydrogen) atoms. The zero-order valence-corrected chi connectivity index (χ0v) is 12.6. The van der Waals surface area contributed by atoms with E-state index < -0.39 is 18.2 Å². The molecule has 2 N–H and O–H groups in total. The van der Waals surface area contributed by atoms with E-state index in [0.29, 0.717) is 16.7 Å². The van der Waals surface area contributed by atoms with Gasteiger partial charge in [0.1, 0.15) is 11.6 Å². The maximum Gasteiger partial charge on any atom is 0.251 e. The van der Waals surface area contributed by atoms with Crippen LogP contribution in [0, 0.1) is 11.6 Å². The van der Waals surface area contributed by atoms with Gasteiger partial charge in [-0.1, -0.05) is 6.07 Å². The van der Waals surface area contributed by atoms with Crippen molar-refractivity contribution >= 4 is 5.91 Å². The molecule has 0 bridgehead atoms. The fraction of sp³-hybridized carbons (Fsp3) is 0.235. The molecule has 4 nitrogen and oxygen atoms in total. The molecule has 0 aliphatic heterocycles. The van der Waals surface area contributed by atoms with Crippen LogP contribution in [0.1, 0.15) is 27.0 Å². The number of carbonyl (C=O) groups excluding carboxylic acids is 1. The summed E-state index contributed by atoms with van der Waals surface area (Å²) in [7, 11) is 1.44. The molecule has 122 valence electrons. The topological polar surface area (TPSA) is 58.6 Å². The summed E-state index contributed by atoms with van der Waals surface area (Å²) < 4.78 is 31.7. The molecule has 0 fully saturated rings. The molecule has 0 unspecified atom stereocenters. The van der Waals surface area contributed by atoms with Crippen molar-refractivity contribution in [3.05, 3.63) is 70.3 Å². The van der Waals surface area contributed by atoms with Gasteiger partial charge in [0.15, 0.2) is 0 Å². The molecule has 0 aromatic heterocycles. The highest BCUT2D eigenvalue weighted by Crippen LogP contribution is 2.13. The zero-order chi connectivity index (χ0) is 16.8. The van der Waals surface area contributed by atoms with Gasteiger partial charge in [0, 0.05) is 30.3 Å². The molecule has 6 heteroatoms. The molecule has 0 spiro atoms. The first-order chi connectivity index (χ1) is 11.0. The average molecular weight is 321 g/mol. The van der Waals surface area contributed by atoms with Gasteiger partial charge in [-0.25, -0.2) is 8.78 Å². The Morgan fingerprint density at radius 1 is 1.13 bits per heavy atom. The Kier molecular flexibility index (Phi) is 5.78. The van der Waals surface area contributed by atoms with E-state index in [1.54, 1.807) is 0 Å². The molecule has 0 atom stereocenters. The molecule has 0 aliphatic carbocycles. The SMILES string of the molecule is COCc1cc(C(=O)NCc2ccc(F)c(CO)c2)ccc1F. The molecule has 0 saturated heterocycles. The minimum absolute atomic E-state index is 0.0742. The lowest BCUT2D eigenvalue weighted by molar-refractivity contribution is 0.0950. The van der Waals surface area contributed by atoms with Crippen LogP contribution >= 0.6 is 0 Å². The summed E-state index contributed by atoms with van der Waals surface area (Å²) in [6.45, 7) is -0.167. The van der Waals surface area contributed by atoms with Gasteiger partial charge in [0.25, 0.3) is 5.91 Å². The van der Waals surface area contributed by atoms with Crippen molar-refractivity contribution < 1.29 is 23.4 Å². The molecular weight excluding hydrogens is 304 g/mol. The van der Waals surface area contributed by atoms with E-state index in [1.165, 1.54) is 43.5 Å². The lowest BCUT2D eigenvalue weighted by Crippen LogP contribution is -2.23. The molecular formula is C17H17F2NO3. The number of halogens is 2. The fourth-order valence-corrected chi connectivity index (χ4v) is 2.13. The summed E-state index contributed by atoms with van der Waals surface area (Å²) in [4.78, 5) is 12.1. The van der Waals surface area contributed by atoms with Crippen LogP contribution in [-0.2, 0) is 24.5 Å². The smallest absolute Gasteiger partial charge is 0.251 e. The lowest BCUT2D eigenvalue weighted by atomic mass is 10.1. The maximum atomic E-state index is 13.5. The quantitative estimate of drug-likeness (QED) is 0.859. The first-order valence-electron chi connectivity index (χ1n) is 6.99. The van der Waals surface area contributed by atoms with Crippen molar-refractivity contribution in [2.24, 2.45) is 0 Å². The van der Waals surface area contributed by atoms with E-state index in [-0.39, 0.29) is 24.6 Å². The van der Waals surface area contributed by atoms with E-state index in [1.807, 2.05) is 0 Å². The van der Waals surface area contributed by atoms with Crippen LogP contribution in [0.15, 0.2) is 36.4 Å². The number of rotatable bonds is 6. The van der Waals surface area contributed by atoms with Gasteiger partial charge in [-0.3, -0.25) is 4.79 Å². The number of methoxy groups -OCH3 is 1. The number of carbonyl (C=O) groups is 1. The van der Waals surface area contributed by atoms with Crippen molar-refractivity contribution in [1.29, 1.82) is 0 Å². The van der Waals surface area contributed by atoms with Crippen molar-refractivity contribution in [2.75, 3.05) is 7.11 Å².